The van der Waals surface area contributed by atoms with Crippen molar-refractivity contribution in [1.82, 2.24) is 20.0 Å². The number of rotatable bonds is 3. The zero-order valence-electron chi connectivity index (χ0n) is 18.9. The number of nitrogens with one attached hydrogen (secondary N) is 1. The maximum absolute atomic E-state index is 13.3. The van der Waals surface area contributed by atoms with E-state index in [-0.39, 0.29) is 17.9 Å². The molecule has 2 bridgehead atoms. The SMILES string of the molecule is Cc1ccc(CNC(=O)C2CCN(C(=O)N3C[C@@H]4C[C@H](C3)[C@H]3CCCC(=O)N3C4)CC2)o1. The highest BCUT2D eigenvalue weighted by Crippen LogP contribution is 2.38. The second kappa shape index (κ2) is 8.79. The molecule has 32 heavy (non-hydrogen) atoms. The van der Waals surface area contributed by atoms with E-state index < -0.39 is 0 Å². The first-order chi connectivity index (χ1) is 15.5. The number of carbonyl (C=O) groups is 3. The lowest BCUT2D eigenvalue weighted by molar-refractivity contribution is -0.144. The minimum atomic E-state index is -0.0577. The van der Waals surface area contributed by atoms with Crippen molar-refractivity contribution in [3.05, 3.63) is 23.7 Å². The van der Waals surface area contributed by atoms with Gasteiger partial charge in [-0.05, 0) is 63.0 Å². The Kier molecular flexibility index (Phi) is 5.86. The lowest BCUT2D eigenvalue weighted by Crippen LogP contribution is -2.62. The number of hydrogen-bond donors (Lipinski definition) is 1. The van der Waals surface area contributed by atoms with E-state index in [9.17, 15) is 14.4 Å². The van der Waals surface area contributed by atoms with Gasteiger partial charge in [0.2, 0.25) is 11.8 Å². The molecule has 0 radical (unpaired) electrons. The molecule has 4 saturated heterocycles. The van der Waals surface area contributed by atoms with E-state index in [2.05, 4.69) is 10.2 Å². The molecule has 1 N–H and O–H groups in total. The quantitative estimate of drug-likeness (QED) is 0.779. The lowest BCUT2D eigenvalue weighted by atomic mass is 9.76. The first-order valence-electron chi connectivity index (χ1n) is 12.1. The first-order valence-corrected chi connectivity index (χ1v) is 12.1. The van der Waals surface area contributed by atoms with Crippen LogP contribution in [0.4, 0.5) is 4.79 Å². The van der Waals surface area contributed by atoms with Crippen molar-refractivity contribution in [3.63, 3.8) is 0 Å². The first kappa shape index (κ1) is 21.3. The number of likely N-dealkylation sites (tertiary alicyclic amines) is 2. The fourth-order valence-corrected chi connectivity index (χ4v) is 6.20. The van der Waals surface area contributed by atoms with E-state index in [1.165, 1.54) is 0 Å². The molecule has 0 aliphatic carbocycles. The topological polar surface area (TPSA) is 86.1 Å². The molecule has 0 saturated carbocycles. The smallest absolute Gasteiger partial charge is 0.320 e. The number of nitrogens with zero attached hydrogens (tertiary/aromatic N) is 3. The van der Waals surface area contributed by atoms with Crippen molar-refractivity contribution in [2.75, 3.05) is 32.7 Å². The molecule has 1 aromatic rings. The summed E-state index contributed by atoms with van der Waals surface area (Å²) in [6.45, 7) is 5.84. The molecular formula is C24H34N4O4. The van der Waals surface area contributed by atoms with Gasteiger partial charge in [-0.1, -0.05) is 0 Å². The molecule has 0 aromatic carbocycles. The predicted molar refractivity (Wildman–Crippen MR) is 118 cm³/mol. The molecule has 4 aliphatic heterocycles. The molecule has 0 unspecified atom stereocenters. The van der Waals surface area contributed by atoms with Crippen LogP contribution in [0.1, 0.15) is 50.0 Å². The molecule has 8 nitrogen and oxygen atoms in total. The average molecular weight is 443 g/mol. The van der Waals surface area contributed by atoms with Crippen LogP contribution in [0.15, 0.2) is 16.5 Å². The highest BCUT2D eigenvalue weighted by molar-refractivity contribution is 5.80. The molecule has 174 valence electrons. The summed E-state index contributed by atoms with van der Waals surface area (Å²) in [5, 5.41) is 2.97. The summed E-state index contributed by atoms with van der Waals surface area (Å²) in [4.78, 5) is 44.2. The van der Waals surface area contributed by atoms with Crippen LogP contribution in [-0.4, -0.2) is 71.3 Å². The van der Waals surface area contributed by atoms with Crippen molar-refractivity contribution >= 4 is 17.8 Å². The van der Waals surface area contributed by atoms with Gasteiger partial charge in [-0.3, -0.25) is 9.59 Å². The van der Waals surface area contributed by atoms with Gasteiger partial charge in [0, 0.05) is 51.1 Å². The van der Waals surface area contributed by atoms with Crippen LogP contribution in [0.5, 0.6) is 0 Å². The Labute approximate surface area is 189 Å². The van der Waals surface area contributed by atoms with E-state index in [1.54, 1.807) is 0 Å². The normalized spacial score (nSPS) is 28.5. The maximum Gasteiger partial charge on any atom is 0.320 e. The van der Waals surface area contributed by atoms with Crippen LogP contribution < -0.4 is 5.32 Å². The summed E-state index contributed by atoms with van der Waals surface area (Å²) in [5.41, 5.74) is 0. The Balaban J connectivity index is 1.11. The fourth-order valence-electron chi connectivity index (χ4n) is 6.20. The fraction of sp³-hybridized carbons (Fsp3) is 0.708. The Morgan fingerprint density at radius 2 is 1.91 bits per heavy atom. The number of carbonyl (C=O) groups excluding carboxylic acids is 3. The Morgan fingerprint density at radius 3 is 2.66 bits per heavy atom. The average Bonchev–Trinajstić information content (AvgIpc) is 3.23. The summed E-state index contributed by atoms with van der Waals surface area (Å²) in [6, 6.07) is 4.20. The summed E-state index contributed by atoms with van der Waals surface area (Å²) in [6.07, 6.45) is 5.26. The molecule has 4 fully saturated rings. The van der Waals surface area contributed by atoms with Gasteiger partial charge in [-0.15, -0.1) is 0 Å². The molecular weight excluding hydrogens is 408 g/mol. The van der Waals surface area contributed by atoms with E-state index in [0.717, 1.165) is 50.4 Å². The number of urea groups is 1. The lowest BCUT2D eigenvalue weighted by Gasteiger charge is -2.53. The van der Waals surface area contributed by atoms with E-state index in [0.29, 0.717) is 62.7 Å². The van der Waals surface area contributed by atoms with E-state index in [4.69, 9.17) is 4.42 Å². The molecule has 0 spiro atoms. The Bertz CT molecular complexity index is 875. The Morgan fingerprint density at radius 1 is 1.09 bits per heavy atom. The van der Waals surface area contributed by atoms with E-state index in [1.807, 2.05) is 28.9 Å². The summed E-state index contributed by atoms with van der Waals surface area (Å²) >= 11 is 0. The second-order valence-electron chi connectivity index (χ2n) is 10.0. The van der Waals surface area contributed by atoms with E-state index >= 15 is 0 Å². The van der Waals surface area contributed by atoms with Gasteiger partial charge < -0.3 is 24.4 Å². The van der Waals surface area contributed by atoms with Crippen molar-refractivity contribution < 1.29 is 18.8 Å². The van der Waals surface area contributed by atoms with Gasteiger partial charge in [-0.25, -0.2) is 4.79 Å². The highest BCUT2D eigenvalue weighted by atomic mass is 16.3. The van der Waals surface area contributed by atoms with Gasteiger partial charge in [0.15, 0.2) is 0 Å². The minimum Gasteiger partial charge on any atom is -0.465 e. The van der Waals surface area contributed by atoms with Gasteiger partial charge in [0.25, 0.3) is 0 Å². The largest absolute Gasteiger partial charge is 0.465 e. The maximum atomic E-state index is 13.3. The van der Waals surface area contributed by atoms with Crippen LogP contribution in [0, 0.1) is 24.7 Å². The standard InChI is InChI=1S/C24H34N4O4/c1-16-5-6-20(32-16)12-25-23(30)18-7-9-26(10-8-18)24(31)27-13-17-11-19(15-27)21-3-2-4-22(29)28(21)14-17/h5-6,17-19,21H,2-4,7-15H2,1H3,(H,25,30)/t17-,19+,21+/m0/s1. The van der Waals surface area contributed by atoms with Gasteiger partial charge in [0.05, 0.1) is 6.54 Å². The van der Waals surface area contributed by atoms with Gasteiger partial charge in [-0.2, -0.15) is 0 Å². The molecule has 5 heterocycles. The second-order valence-corrected chi connectivity index (χ2v) is 10.0. The third-order valence-corrected chi connectivity index (χ3v) is 7.82. The predicted octanol–water partition coefficient (Wildman–Crippen LogP) is 2.37. The molecule has 8 heteroatoms. The summed E-state index contributed by atoms with van der Waals surface area (Å²) < 4.78 is 5.51. The summed E-state index contributed by atoms with van der Waals surface area (Å²) in [5.74, 6) is 2.69. The third kappa shape index (κ3) is 4.24. The van der Waals surface area contributed by atoms with Crippen LogP contribution in [0.3, 0.4) is 0 Å². The zero-order chi connectivity index (χ0) is 22.2. The number of hydrogen-bond acceptors (Lipinski definition) is 4. The number of fused-ring (bicyclic) bond motifs is 4. The number of amides is 4. The van der Waals surface area contributed by atoms with Gasteiger partial charge >= 0.3 is 6.03 Å². The van der Waals surface area contributed by atoms with Gasteiger partial charge in [0.1, 0.15) is 11.5 Å². The van der Waals surface area contributed by atoms with Crippen LogP contribution >= 0.6 is 0 Å². The van der Waals surface area contributed by atoms with Crippen molar-refractivity contribution in [2.24, 2.45) is 17.8 Å². The number of furan rings is 1. The third-order valence-electron chi connectivity index (χ3n) is 7.82. The monoisotopic (exact) mass is 442 g/mol. The minimum absolute atomic E-state index is 0.0423. The van der Waals surface area contributed by atoms with Crippen LogP contribution in [-0.2, 0) is 16.1 Å². The van der Waals surface area contributed by atoms with Crippen LogP contribution in [0.25, 0.3) is 0 Å². The molecule has 4 amide bonds. The summed E-state index contributed by atoms with van der Waals surface area (Å²) in [7, 11) is 0. The molecule has 1 aromatic heterocycles. The molecule has 3 atom stereocenters. The zero-order valence-corrected chi connectivity index (χ0v) is 18.9. The Hall–Kier alpha value is -2.51. The number of aryl methyl sites for hydroxylation is 1. The van der Waals surface area contributed by atoms with Crippen molar-refractivity contribution in [1.29, 1.82) is 0 Å². The molecule has 4 aliphatic rings. The number of piperidine rings is 4. The van der Waals surface area contributed by atoms with Crippen molar-refractivity contribution in [3.8, 4) is 0 Å². The highest BCUT2D eigenvalue weighted by Gasteiger charge is 2.45. The van der Waals surface area contributed by atoms with Crippen LogP contribution in [0.2, 0.25) is 0 Å². The van der Waals surface area contributed by atoms with Crippen molar-refractivity contribution in [2.45, 2.75) is 58.0 Å². The molecule has 5 rings (SSSR count).